The topological polar surface area (TPSA) is 119 Å². The Morgan fingerprint density at radius 3 is 1.22 bits per heavy atom. The van der Waals surface area contributed by atoms with Crippen LogP contribution in [0.5, 0.6) is 0 Å². The fourth-order valence-electron chi connectivity index (χ4n) is 4.74. The van der Waals surface area contributed by atoms with Crippen molar-refractivity contribution in [1.82, 2.24) is 0 Å². The van der Waals surface area contributed by atoms with Crippen LogP contribution in [0.4, 0.5) is 0 Å². The molecule has 0 radical (unpaired) electrons. The Balaban J connectivity index is 0.890. The summed E-state index contributed by atoms with van der Waals surface area (Å²) in [5.74, 6) is 0. The lowest BCUT2D eigenvalue weighted by molar-refractivity contribution is -0.101. The van der Waals surface area contributed by atoms with E-state index in [0.717, 1.165) is 13.2 Å². The molecule has 0 amide bonds. The van der Waals surface area contributed by atoms with Gasteiger partial charge in [-0.15, -0.1) is 0 Å². The summed E-state index contributed by atoms with van der Waals surface area (Å²) in [5.41, 5.74) is 0. The number of hydrogen-bond donors (Lipinski definition) is 1. The summed E-state index contributed by atoms with van der Waals surface area (Å²) in [4.78, 5) is 0. The molecule has 0 saturated carbocycles. The third-order valence-corrected chi connectivity index (χ3v) is 6.73. The molecule has 6 rings (SSSR count). The van der Waals surface area contributed by atoms with Crippen LogP contribution in [0, 0.1) is 0 Å². The molecule has 2 unspecified atom stereocenters. The van der Waals surface area contributed by atoms with Crippen LogP contribution in [-0.2, 0) is 47.4 Å². The Bertz CT molecular complexity index is 577. The molecule has 10 atom stereocenters. The Morgan fingerprint density at radius 2 is 0.875 bits per heavy atom. The van der Waals surface area contributed by atoms with Gasteiger partial charge in [0, 0.05) is 0 Å². The number of ether oxygens (including phenoxy) is 10. The molecule has 0 spiro atoms. The Hall–Kier alpha value is -0.440. The van der Waals surface area contributed by atoms with Crippen molar-refractivity contribution in [2.45, 2.75) is 67.1 Å². The fourth-order valence-corrected chi connectivity index (χ4v) is 4.74. The maximum Gasteiger partial charge on any atom is 0.115 e. The Kier molecular flexibility index (Phi) is 6.66. The van der Waals surface area contributed by atoms with Gasteiger partial charge in [-0.2, -0.15) is 0 Å². The average molecular weight is 460 g/mol. The van der Waals surface area contributed by atoms with E-state index in [1.165, 1.54) is 0 Å². The first-order chi connectivity index (χ1) is 15.7. The van der Waals surface area contributed by atoms with Crippen molar-refractivity contribution in [2.24, 2.45) is 0 Å². The number of aliphatic hydroxyl groups is 1. The third-order valence-electron chi connectivity index (χ3n) is 6.73. The van der Waals surface area contributed by atoms with Crippen LogP contribution in [0.15, 0.2) is 0 Å². The second kappa shape index (κ2) is 9.67. The smallest absolute Gasteiger partial charge is 0.115 e. The van der Waals surface area contributed by atoms with Crippen molar-refractivity contribution < 1.29 is 52.5 Å². The van der Waals surface area contributed by atoms with Gasteiger partial charge in [-0.1, -0.05) is 0 Å². The first-order valence-corrected chi connectivity index (χ1v) is 11.6. The molecule has 1 N–H and O–H groups in total. The molecule has 0 aromatic rings. The van der Waals surface area contributed by atoms with E-state index in [0.29, 0.717) is 39.6 Å². The van der Waals surface area contributed by atoms with Crippen LogP contribution in [0.25, 0.3) is 0 Å². The first-order valence-electron chi connectivity index (χ1n) is 11.6. The summed E-state index contributed by atoms with van der Waals surface area (Å²) >= 11 is 0. The van der Waals surface area contributed by atoms with Crippen LogP contribution >= 0.6 is 0 Å². The first kappa shape index (κ1) is 22.1. The van der Waals surface area contributed by atoms with Gasteiger partial charge in [-0.05, 0) is 0 Å². The van der Waals surface area contributed by atoms with E-state index >= 15 is 0 Å². The van der Waals surface area contributed by atoms with E-state index in [1.807, 2.05) is 0 Å². The van der Waals surface area contributed by atoms with Crippen molar-refractivity contribution >= 4 is 0 Å². The summed E-state index contributed by atoms with van der Waals surface area (Å²) < 4.78 is 57.2. The standard InChI is InChI=1S/C21H32O11/c22-11(1-25-14-7-29-20-16(9-31-18(14)20)27-5-12-3-23-12)2-26-15-8-30-21-17(10-32-19(15)21)28-6-13-4-24-13/h11-22H,1-10H2/t11?,12?,13?,14-,15-,16+,17+,18+,19+,20+,21+/m0/s1. The minimum atomic E-state index is -0.769. The average Bonchev–Trinajstić information content (AvgIpc) is 3.62. The van der Waals surface area contributed by atoms with Gasteiger partial charge in [0.1, 0.15) is 67.1 Å². The fraction of sp³-hybridized carbons (Fsp3) is 1.00. The number of aliphatic hydroxyl groups excluding tert-OH is 1. The number of fused-ring (bicyclic) bond motifs is 2. The van der Waals surface area contributed by atoms with Crippen molar-refractivity contribution in [3.05, 3.63) is 0 Å². The minimum absolute atomic E-state index is 0.0996. The second-order valence-corrected chi connectivity index (χ2v) is 9.24. The van der Waals surface area contributed by atoms with E-state index in [-0.39, 0.29) is 74.3 Å². The zero-order chi connectivity index (χ0) is 21.5. The molecular weight excluding hydrogens is 428 g/mol. The molecule has 6 heterocycles. The molecule has 6 aliphatic heterocycles. The summed E-state index contributed by atoms with van der Waals surface area (Å²) in [6.07, 6.45) is -1.64. The lowest BCUT2D eigenvalue weighted by Crippen LogP contribution is -2.38. The molecule has 6 saturated heterocycles. The van der Waals surface area contributed by atoms with Gasteiger partial charge >= 0.3 is 0 Å². The molecule has 182 valence electrons. The monoisotopic (exact) mass is 460 g/mol. The molecule has 0 bridgehead atoms. The van der Waals surface area contributed by atoms with Gasteiger partial charge in [0.15, 0.2) is 0 Å². The van der Waals surface area contributed by atoms with Gasteiger partial charge in [-0.25, -0.2) is 0 Å². The van der Waals surface area contributed by atoms with Crippen LogP contribution in [0.3, 0.4) is 0 Å². The van der Waals surface area contributed by atoms with E-state index in [2.05, 4.69) is 0 Å². The second-order valence-electron chi connectivity index (χ2n) is 9.24. The van der Waals surface area contributed by atoms with Crippen LogP contribution < -0.4 is 0 Å². The van der Waals surface area contributed by atoms with E-state index in [4.69, 9.17) is 47.4 Å². The highest BCUT2D eigenvalue weighted by atomic mass is 16.7. The number of epoxide rings is 2. The lowest BCUT2D eigenvalue weighted by Gasteiger charge is -2.21. The molecular formula is C21H32O11. The van der Waals surface area contributed by atoms with Crippen LogP contribution in [0.2, 0.25) is 0 Å². The molecule has 32 heavy (non-hydrogen) atoms. The summed E-state index contributed by atoms with van der Waals surface area (Å²) in [6.45, 7) is 4.74. The number of hydrogen-bond acceptors (Lipinski definition) is 11. The quantitative estimate of drug-likeness (QED) is 0.335. The third kappa shape index (κ3) is 4.98. The van der Waals surface area contributed by atoms with Crippen LogP contribution in [0.1, 0.15) is 0 Å². The summed E-state index contributed by atoms with van der Waals surface area (Å²) in [5, 5.41) is 10.4. The maximum atomic E-state index is 10.4. The SMILES string of the molecule is OC(CO[C@H]1CO[C@H]2[C@@H]1OC[C@H]2OCC1CO1)CO[C@H]1CO[C@H]2[C@@H]1OC[C@H]2OCC1CO1. The van der Waals surface area contributed by atoms with Gasteiger partial charge in [0.25, 0.3) is 0 Å². The molecule has 6 fully saturated rings. The lowest BCUT2D eigenvalue weighted by atomic mass is 10.1. The highest BCUT2D eigenvalue weighted by Gasteiger charge is 2.50. The highest BCUT2D eigenvalue weighted by molar-refractivity contribution is 4.97. The zero-order valence-electron chi connectivity index (χ0n) is 18.0. The Morgan fingerprint density at radius 1 is 0.531 bits per heavy atom. The molecule has 0 aliphatic carbocycles. The maximum absolute atomic E-state index is 10.4. The summed E-state index contributed by atoms with van der Waals surface area (Å²) in [6, 6.07) is 0. The van der Waals surface area contributed by atoms with Gasteiger partial charge in [-0.3, -0.25) is 0 Å². The van der Waals surface area contributed by atoms with Crippen molar-refractivity contribution in [2.75, 3.05) is 66.1 Å². The molecule has 11 nitrogen and oxygen atoms in total. The van der Waals surface area contributed by atoms with Gasteiger partial charge < -0.3 is 52.5 Å². The Labute approximate surface area is 186 Å². The van der Waals surface area contributed by atoms with Crippen molar-refractivity contribution in [3.8, 4) is 0 Å². The van der Waals surface area contributed by atoms with Crippen molar-refractivity contribution in [3.63, 3.8) is 0 Å². The predicted molar refractivity (Wildman–Crippen MR) is 103 cm³/mol. The molecule has 0 aromatic carbocycles. The molecule has 6 aliphatic rings. The number of rotatable bonds is 12. The largest absolute Gasteiger partial charge is 0.388 e. The minimum Gasteiger partial charge on any atom is -0.388 e. The van der Waals surface area contributed by atoms with Gasteiger partial charge in [0.05, 0.1) is 66.1 Å². The normalized spacial score (nSPS) is 47.5. The van der Waals surface area contributed by atoms with E-state index in [1.54, 1.807) is 0 Å². The van der Waals surface area contributed by atoms with E-state index in [9.17, 15) is 5.11 Å². The van der Waals surface area contributed by atoms with E-state index < -0.39 is 6.10 Å². The summed E-state index contributed by atoms with van der Waals surface area (Å²) in [7, 11) is 0. The zero-order valence-corrected chi connectivity index (χ0v) is 18.0. The molecule has 0 aromatic heterocycles. The predicted octanol–water partition coefficient (Wildman–Crippen LogP) is -1.72. The van der Waals surface area contributed by atoms with Crippen LogP contribution in [-0.4, -0.2) is 138 Å². The van der Waals surface area contributed by atoms with Gasteiger partial charge in [0.2, 0.25) is 0 Å². The highest BCUT2D eigenvalue weighted by Crippen LogP contribution is 2.32. The molecule has 11 heteroatoms. The van der Waals surface area contributed by atoms with Crippen molar-refractivity contribution in [1.29, 1.82) is 0 Å².